The molecule has 0 unspecified atom stereocenters. The summed E-state index contributed by atoms with van der Waals surface area (Å²) in [4.78, 5) is 48.9. The number of hydrogen-bond acceptors (Lipinski definition) is 6. The lowest BCUT2D eigenvalue weighted by Crippen LogP contribution is -2.38. The first-order chi connectivity index (χ1) is 16.9. The molecule has 0 fully saturated rings. The van der Waals surface area contributed by atoms with Crippen molar-refractivity contribution in [2.75, 3.05) is 18.4 Å². The van der Waals surface area contributed by atoms with Crippen LogP contribution in [0.15, 0.2) is 47.3 Å². The third kappa shape index (κ3) is 6.87. The summed E-state index contributed by atoms with van der Waals surface area (Å²) in [5.74, 6) is -0.410. The Bertz CT molecular complexity index is 1320. The van der Waals surface area contributed by atoms with Crippen LogP contribution < -0.4 is 21.5 Å². The molecule has 0 bridgehead atoms. The molecule has 11 nitrogen and oxygen atoms in total. The summed E-state index contributed by atoms with van der Waals surface area (Å²) in [6.45, 7) is 9.29. The average molecular weight is 494 g/mol. The van der Waals surface area contributed by atoms with Crippen molar-refractivity contribution in [3.8, 4) is 5.82 Å². The Hall–Kier alpha value is -4.28. The van der Waals surface area contributed by atoms with Gasteiger partial charge in [-0.3, -0.25) is 19.2 Å². The summed E-state index contributed by atoms with van der Waals surface area (Å²) in [6, 6.07) is 11.3. The van der Waals surface area contributed by atoms with E-state index >= 15 is 0 Å². The van der Waals surface area contributed by atoms with Crippen molar-refractivity contribution in [3.63, 3.8) is 0 Å². The van der Waals surface area contributed by atoms with Gasteiger partial charge in [0.25, 0.3) is 11.5 Å². The molecule has 3 rings (SSSR count). The highest BCUT2D eigenvalue weighted by atomic mass is 16.2. The first-order valence-electron chi connectivity index (χ1n) is 11.5. The summed E-state index contributed by atoms with van der Waals surface area (Å²) in [6.07, 6.45) is 0. The van der Waals surface area contributed by atoms with Gasteiger partial charge in [0, 0.05) is 41.5 Å². The van der Waals surface area contributed by atoms with Gasteiger partial charge in [0.15, 0.2) is 5.82 Å². The molecule has 3 amide bonds. The third-order valence-electron chi connectivity index (χ3n) is 5.19. The molecule has 3 aromatic rings. The van der Waals surface area contributed by atoms with Crippen molar-refractivity contribution in [3.05, 3.63) is 69.8 Å². The van der Waals surface area contributed by atoms with E-state index in [1.165, 1.54) is 6.07 Å². The first-order valence-corrected chi connectivity index (χ1v) is 11.5. The van der Waals surface area contributed by atoms with Gasteiger partial charge in [-0.15, -0.1) is 5.10 Å². The average Bonchev–Trinajstić information content (AvgIpc) is 3.15. The normalized spacial score (nSPS) is 11.1. The highest BCUT2D eigenvalue weighted by Gasteiger charge is 2.21. The molecule has 2 heterocycles. The quantitative estimate of drug-likeness (QED) is 0.407. The number of nitrogens with zero attached hydrogens (tertiary/aromatic N) is 4. The number of anilines is 1. The van der Waals surface area contributed by atoms with Crippen molar-refractivity contribution in [2.45, 2.75) is 41.2 Å². The molecule has 36 heavy (non-hydrogen) atoms. The summed E-state index contributed by atoms with van der Waals surface area (Å²) in [7, 11) is 0. The van der Waals surface area contributed by atoms with E-state index in [2.05, 4.69) is 26.1 Å². The van der Waals surface area contributed by atoms with Gasteiger partial charge in [-0.05, 0) is 50.2 Å². The van der Waals surface area contributed by atoms with Gasteiger partial charge in [-0.1, -0.05) is 20.8 Å². The zero-order valence-electron chi connectivity index (χ0n) is 21.1. The predicted octanol–water partition coefficient (Wildman–Crippen LogP) is 1.58. The van der Waals surface area contributed by atoms with Gasteiger partial charge < -0.3 is 16.0 Å². The Kier molecular flexibility index (Phi) is 8.03. The molecule has 0 saturated heterocycles. The maximum absolute atomic E-state index is 12.3. The zero-order valence-corrected chi connectivity index (χ0v) is 21.1. The number of aromatic nitrogens is 4. The summed E-state index contributed by atoms with van der Waals surface area (Å²) < 4.78 is 2.67. The second-order valence-electron chi connectivity index (χ2n) is 9.41. The van der Waals surface area contributed by atoms with Gasteiger partial charge in [0.1, 0.15) is 6.54 Å². The van der Waals surface area contributed by atoms with E-state index in [4.69, 9.17) is 0 Å². The fraction of sp³-hybridized carbons (Fsp3) is 0.360. The summed E-state index contributed by atoms with van der Waals surface area (Å²) in [5.41, 5.74) is 1.76. The number of nitrogens with one attached hydrogen (secondary N) is 3. The molecular formula is C25H31N7O4. The van der Waals surface area contributed by atoms with Crippen LogP contribution in [-0.4, -0.2) is 50.4 Å². The topological polar surface area (TPSA) is 140 Å². The number of carbonyl (C=O) groups excluding carboxylic acids is 3. The molecule has 0 aliphatic carbocycles. The molecular weight excluding hydrogens is 462 g/mol. The molecule has 0 spiro atoms. The van der Waals surface area contributed by atoms with Crippen LogP contribution >= 0.6 is 0 Å². The largest absolute Gasteiger partial charge is 0.353 e. The van der Waals surface area contributed by atoms with E-state index in [0.29, 0.717) is 17.1 Å². The van der Waals surface area contributed by atoms with Crippen LogP contribution in [-0.2, 0) is 16.1 Å². The Morgan fingerprint density at radius 2 is 1.58 bits per heavy atom. The van der Waals surface area contributed by atoms with Crippen LogP contribution in [0.5, 0.6) is 0 Å². The van der Waals surface area contributed by atoms with Gasteiger partial charge in [-0.25, -0.2) is 9.36 Å². The Morgan fingerprint density at radius 1 is 0.917 bits per heavy atom. The van der Waals surface area contributed by atoms with Crippen molar-refractivity contribution < 1.29 is 14.4 Å². The van der Waals surface area contributed by atoms with Crippen LogP contribution in [0.25, 0.3) is 5.82 Å². The minimum atomic E-state index is -0.523. The smallest absolute Gasteiger partial charge is 0.267 e. The molecule has 190 valence electrons. The van der Waals surface area contributed by atoms with Gasteiger partial charge in [0.2, 0.25) is 11.8 Å². The van der Waals surface area contributed by atoms with Crippen LogP contribution in [0.4, 0.5) is 5.69 Å². The number of carbonyl (C=O) groups is 3. The van der Waals surface area contributed by atoms with Gasteiger partial charge in [0.05, 0.1) is 5.69 Å². The molecule has 0 aliphatic heterocycles. The molecule has 1 aromatic carbocycles. The van der Waals surface area contributed by atoms with E-state index in [1.807, 2.05) is 40.7 Å². The highest BCUT2D eigenvalue weighted by Crippen LogP contribution is 2.17. The van der Waals surface area contributed by atoms with Crippen LogP contribution in [0, 0.1) is 19.3 Å². The minimum Gasteiger partial charge on any atom is -0.353 e. The van der Waals surface area contributed by atoms with Crippen molar-refractivity contribution >= 4 is 23.4 Å². The van der Waals surface area contributed by atoms with Crippen molar-refractivity contribution in [1.82, 2.24) is 30.2 Å². The SMILES string of the molecule is Cc1cc(C)n(-c2ccc(=O)n(CC(=O)NCCNC(=O)c3ccc(NC(=O)C(C)(C)C)cc3)n2)n1. The molecule has 0 radical (unpaired) electrons. The number of hydrogen-bond donors (Lipinski definition) is 3. The third-order valence-corrected chi connectivity index (χ3v) is 5.19. The molecule has 0 saturated carbocycles. The number of benzene rings is 1. The monoisotopic (exact) mass is 493 g/mol. The van der Waals surface area contributed by atoms with Crippen LogP contribution in [0.2, 0.25) is 0 Å². The van der Waals surface area contributed by atoms with Crippen molar-refractivity contribution in [1.29, 1.82) is 0 Å². The maximum Gasteiger partial charge on any atom is 0.267 e. The number of rotatable bonds is 8. The lowest BCUT2D eigenvalue weighted by atomic mass is 9.95. The van der Waals surface area contributed by atoms with Gasteiger partial charge >= 0.3 is 0 Å². The van der Waals surface area contributed by atoms with E-state index in [1.54, 1.807) is 35.0 Å². The highest BCUT2D eigenvalue weighted by molar-refractivity contribution is 5.97. The number of amides is 3. The maximum atomic E-state index is 12.3. The molecule has 3 N–H and O–H groups in total. The van der Waals surface area contributed by atoms with E-state index < -0.39 is 16.9 Å². The van der Waals surface area contributed by atoms with Crippen LogP contribution in [0.1, 0.15) is 42.5 Å². The zero-order chi connectivity index (χ0) is 26.5. The van der Waals surface area contributed by atoms with Gasteiger partial charge in [-0.2, -0.15) is 5.10 Å². The Morgan fingerprint density at radius 3 is 2.19 bits per heavy atom. The Balaban J connectivity index is 1.47. The van der Waals surface area contributed by atoms with E-state index in [9.17, 15) is 19.2 Å². The first kappa shape index (κ1) is 26.3. The Labute approximate surface area is 208 Å². The lowest BCUT2D eigenvalue weighted by Gasteiger charge is -2.17. The van der Waals surface area contributed by atoms with Crippen LogP contribution in [0.3, 0.4) is 0 Å². The molecule has 11 heteroatoms. The lowest BCUT2D eigenvalue weighted by molar-refractivity contribution is -0.123. The number of aryl methyl sites for hydroxylation is 2. The molecule has 0 aliphatic rings. The second-order valence-corrected chi connectivity index (χ2v) is 9.41. The fourth-order valence-corrected chi connectivity index (χ4v) is 3.22. The molecule has 2 aromatic heterocycles. The summed E-state index contributed by atoms with van der Waals surface area (Å²) >= 11 is 0. The predicted molar refractivity (Wildman–Crippen MR) is 135 cm³/mol. The van der Waals surface area contributed by atoms with E-state index in [-0.39, 0.29) is 31.4 Å². The van der Waals surface area contributed by atoms with Crippen molar-refractivity contribution in [2.24, 2.45) is 5.41 Å². The fourth-order valence-electron chi connectivity index (χ4n) is 3.22. The van der Waals surface area contributed by atoms with E-state index in [0.717, 1.165) is 16.1 Å². The summed E-state index contributed by atoms with van der Waals surface area (Å²) in [5, 5.41) is 16.8. The second kappa shape index (κ2) is 11.0. The minimum absolute atomic E-state index is 0.119. The standard InChI is InChI=1S/C25H31N7O4/c1-16-14-17(2)32(29-16)20-10-11-22(34)31(30-20)15-21(33)26-12-13-27-23(35)18-6-8-19(9-7-18)28-24(36)25(3,4)5/h6-11,14H,12-13,15H2,1-5H3,(H,26,33)(H,27,35)(H,28,36). The molecule has 0 atom stereocenters.